The summed E-state index contributed by atoms with van der Waals surface area (Å²) in [5.41, 5.74) is 1.18. The minimum absolute atomic E-state index is 1.18. The van der Waals surface area contributed by atoms with Crippen molar-refractivity contribution in [1.29, 1.82) is 0 Å². The van der Waals surface area contributed by atoms with Gasteiger partial charge in [0.05, 0.1) is 0 Å². The summed E-state index contributed by atoms with van der Waals surface area (Å²) in [5, 5.41) is 2.10. The van der Waals surface area contributed by atoms with Crippen LogP contribution in [0.3, 0.4) is 0 Å². The van der Waals surface area contributed by atoms with Gasteiger partial charge in [-0.2, -0.15) is 0 Å². The summed E-state index contributed by atoms with van der Waals surface area (Å²) in [6.45, 7) is 2.03. The van der Waals surface area contributed by atoms with E-state index in [1.807, 2.05) is 24.8 Å². The Morgan fingerprint density at radius 1 is 1.83 bits per heavy atom. The fourth-order valence-corrected chi connectivity index (χ4v) is 0.577. The molecule has 0 aliphatic carbocycles. The van der Waals surface area contributed by atoms with Crippen LogP contribution >= 0.6 is 11.8 Å². The molecule has 0 saturated carbocycles. The van der Waals surface area contributed by atoms with Crippen molar-refractivity contribution in [1.82, 2.24) is 0 Å². The quantitative estimate of drug-likeness (QED) is 0.463. The highest BCUT2D eigenvalue weighted by molar-refractivity contribution is 8.03. The van der Waals surface area contributed by atoms with Crippen LogP contribution in [0.15, 0.2) is 11.5 Å². The predicted molar refractivity (Wildman–Crippen MR) is 35.8 cm³/mol. The van der Waals surface area contributed by atoms with E-state index in [1.54, 1.807) is 0 Å². The third-order valence-electron chi connectivity index (χ3n) is 0.399. The fraction of sp³-hybridized carbons (Fsp3) is 0.500. The summed E-state index contributed by atoms with van der Waals surface area (Å²) >= 11 is 1.83. The number of rotatable bonds is 2. The van der Waals surface area contributed by atoms with Gasteiger partial charge in [0.15, 0.2) is 0 Å². The molecule has 0 unspecified atom stereocenters. The highest BCUT2D eigenvalue weighted by Crippen LogP contribution is 1.95. The molecule has 0 amide bonds. The van der Waals surface area contributed by atoms with Gasteiger partial charge < -0.3 is 0 Å². The number of allylic oxidation sites excluding steroid dienone is 1. The molecule has 0 heterocycles. The molecule has 0 bridgehead atoms. The fourth-order valence-electron chi connectivity index (χ4n) is 0.192. The second-order valence-corrected chi connectivity index (χ2v) is 2.11. The Labute approximate surface area is 44.4 Å². The van der Waals surface area contributed by atoms with Gasteiger partial charge in [0, 0.05) is 0 Å². The van der Waals surface area contributed by atoms with E-state index >= 15 is 0 Å². The molecular weight excluding hydrogens is 90.9 g/mol. The maximum Gasteiger partial charge on any atom is 0.114 e. The van der Waals surface area contributed by atoms with Crippen LogP contribution in [0.25, 0.3) is 0 Å². The molecule has 0 aliphatic rings. The Balaban J connectivity index is 2.66. The molecule has 0 aliphatic heterocycles. The highest BCUT2D eigenvalue weighted by Gasteiger charge is 1.65. The lowest BCUT2D eigenvalue weighted by atomic mass is 10.2. The van der Waals surface area contributed by atoms with Gasteiger partial charge in [0.25, 0.3) is 0 Å². The predicted octanol–water partition coefficient (Wildman–Crippen LogP) is 0.844. The van der Waals surface area contributed by atoms with Crippen LogP contribution in [0.4, 0.5) is 0 Å². The summed E-state index contributed by atoms with van der Waals surface area (Å²) < 4.78 is 0. The van der Waals surface area contributed by atoms with Crippen LogP contribution in [0.2, 0.25) is 0 Å². The second kappa shape index (κ2) is 5.15. The van der Waals surface area contributed by atoms with E-state index < -0.39 is 0 Å². The molecule has 0 radical (unpaired) electrons. The molecule has 0 atom stereocenters. The lowest BCUT2D eigenvalue weighted by molar-refractivity contribution is 1.79. The van der Waals surface area contributed by atoms with Crippen LogP contribution in [0.5, 0.6) is 0 Å². The SMILES string of the molecule is BCS/C=C/C. The van der Waals surface area contributed by atoms with Gasteiger partial charge in [0.1, 0.15) is 7.85 Å². The zero-order chi connectivity index (χ0) is 4.83. The van der Waals surface area contributed by atoms with Crippen LogP contribution < -0.4 is 0 Å². The summed E-state index contributed by atoms with van der Waals surface area (Å²) in [4.78, 5) is 0. The monoisotopic (exact) mass is 100 g/mol. The molecule has 0 N–H and O–H groups in total. The van der Waals surface area contributed by atoms with Gasteiger partial charge in [-0.15, -0.1) is 11.8 Å². The maximum atomic E-state index is 2.14. The summed E-state index contributed by atoms with van der Waals surface area (Å²) in [5.74, 6) is 0. The molecule has 0 rings (SSSR count). The molecule has 0 spiro atoms. The molecule has 0 saturated heterocycles. The zero-order valence-corrected chi connectivity index (χ0v) is 5.09. The standard InChI is InChI=1S/C4H9BS/c1-2-3-6-4-5/h2-3H,4-5H2,1H3/b3-2+. The van der Waals surface area contributed by atoms with Gasteiger partial charge in [-0.1, -0.05) is 6.08 Å². The summed E-state index contributed by atoms with van der Waals surface area (Å²) in [7, 11) is 2.14. The minimum Gasteiger partial charge on any atom is -0.143 e. The van der Waals surface area contributed by atoms with E-state index in [9.17, 15) is 0 Å². The Bertz CT molecular complexity index is 42.8. The molecule has 34 valence electrons. The average molecular weight is 100.0 g/mol. The topological polar surface area (TPSA) is 0 Å². The first-order valence-electron chi connectivity index (χ1n) is 2.14. The Morgan fingerprint density at radius 3 is 2.67 bits per heavy atom. The number of hydrogen-bond donors (Lipinski definition) is 0. The van der Waals surface area contributed by atoms with Crippen LogP contribution in [0.1, 0.15) is 6.92 Å². The van der Waals surface area contributed by atoms with Crippen molar-refractivity contribution in [2.45, 2.75) is 6.92 Å². The normalized spacial score (nSPS) is 10.2. The summed E-state index contributed by atoms with van der Waals surface area (Å²) in [6, 6.07) is 0. The Morgan fingerprint density at radius 2 is 2.50 bits per heavy atom. The van der Waals surface area contributed by atoms with E-state index in [-0.39, 0.29) is 0 Å². The second-order valence-electron chi connectivity index (χ2n) is 0.925. The van der Waals surface area contributed by atoms with Crippen LogP contribution in [-0.2, 0) is 0 Å². The first-order chi connectivity index (χ1) is 2.91. The lowest BCUT2D eigenvalue weighted by Gasteiger charge is -1.76. The van der Waals surface area contributed by atoms with Gasteiger partial charge in [-0.25, -0.2) is 0 Å². The van der Waals surface area contributed by atoms with Gasteiger partial charge >= 0.3 is 0 Å². The van der Waals surface area contributed by atoms with Crippen molar-refractivity contribution < 1.29 is 0 Å². The van der Waals surface area contributed by atoms with E-state index in [1.165, 1.54) is 5.65 Å². The molecule has 0 aromatic carbocycles. The third kappa shape index (κ3) is 4.15. The van der Waals surface area contributed by atoms with Crippen LogP contribution in [-0.4, -0.2) is 13.5 Å². The van der Waals surface area contributed by atoms with Gasteiger partial charge in [0.2, 0.25) is 0 Å². The van der Waals surface area contributed by atoms with Gasteiger partial charge in [-0.3, -0.25) is 0 Å². The maximum absolute atomic E-state index is 2.14. The lowest BCUT2D eigenvalue weighted by Crippen LogP contribution is -1.64. The number of hydrogen-bond acceptors (Lipinski definition) is 1. The molecule has 2 heteroatoms. The Kier molecular flexibility index (Phi) is 5.29. The smallest absolute Gasteiger partial charge is 0.114 e. The molecule has 6 heavy (non-hydrogen) atoms. The van der Waals surface area contributed by atoms with Crippen molar-refractivity contribution in [2.75, 3.05) is 5.65 Å². The molecule has 0 aromatic rings. The molecule has 0 nitrogen and oxygen atoms in total. The van der Waals surface area contributed by atoms with E-state index in [0.29, 0.717) is 0 Å². The zero-order valence-electron chi connectivity index (χ0n) is 4.27. The first-order valence-corrected chi connectivity index (χ1v) is 3.19. The van der Waals surface area contributed by atoms with Crippen molar-refractivity contribution in [2.24, 2.45) is 0 Å². The highest BCUT2D eigenvalue weighted by atomic mass is 32.2. The molecule has 0 aromatic heterocycles. The van der Waals surface area contributed by atoms with E-state index in [0.717, 1.165) is 0 Å². The number of thioether (sulfide) groups is 1. The minimum atomic E-state index is 1.18. The first kappa shape index (κ1) is 6.15. The van der Waals surface area contributed by atoms with Crippen LogP contribution in [0, 0.1) is 0 Å². The third-order valence-corrected chi connectivity index (χ3v) is 1.20. The van der Waals surface area contributed by atoms with E-state index in [2.05, 4.69) is 13.3 Å². The molecular formula is C4H9BS. The van der Waals surface area contributed by atoms with Crippen molar-refractivity contribution >= 4 is 19.6 Å². The van der Waals surface area contributed by atoms with Crippen molar-refractivity contribution in [3.05, 3.63) is 11.5 Å². The van der Waals surface area contributed by atoms with E-state index in [4.69, 9.17) is 0 Å². The average Bonchev–Trinajstić information content (AvgIpc) is 1.61. The largest absolute Gasteiger partial charge is 0.143 e. The van der Waals surface area contributed by atoms with Crippen molar-refractivity contribution in [3.63, 3.8) is 0 Å². The summed E-state index contributed by atoms with van der Waals surface area (Å²) in [6.07, 6.45) is 2.05. The molecule has 0 fully saturated rings. The van der Waals surface area contributed by atoms with Gasteiger partial charge in [-0.05, 0) is 18.0 Å². The van der Waals surface area contributed by atoms with Crippen molar-refractivity contribution in [3.8, 4) is 0 Å². The Hall–Kier alpha value is 0.155.